The summed E-state index contributed by atoms with van der Waals surface area (Å²) in [6.45, 7) is 7.10. The first-order chi connectivity index (χ1) is 7.07. The fourth-order valence-corrected chi connectivity index (χ4v) is 1.37. The Morgan fingerprint density at radius 1 is 1.33 bits per heavy atom. The highest BCUT2D eigenvalue weighted by Crippen LogP contribution is 2.26. The number of rotatable bonds is 1. The molecule has 0 spiro atoms. The van der Waals surface area contributed by atoms with Gasteiger partial charge in [-0.05, 0) is 5.41 Å². The van der Waals surface area contributed by atoms with Gasteiger partial charge in [-0.15, -0.1) is 0 Å². The molecule has 0 aromatic carbocycles. The number of hydrogen-bond acceptors (Lipinski definition) is 4. The van der Waals surface area contributed by atoms with Crippen LogP contribution in [-0.4, -0.2) is 28.5 Å². The maximum absolute atomic E-state index is 5.53. The minimum Gasteiger partial charge on any atom is -0.474 e. The van der Waals surface area contributed by atoms with E-state index in [9.17, 15) is 0 Å². The number of aromatic nitrogens is 2. The quantitative estimate of drug-likeness (QED) is 0.700. The van der Waals surface area contributed by atoms with Gasteiger partial charge < -0.3 is 4.74 Å². The molecule has 2 rings (SSSR count). The third kappa shape index (κ3) is 2.14. The van der Waals surface area contributed by atoms with Crippen molar-refractivity contribution in [2.45, 2.75) is 26.8 Å². The molecular formula is C11H15N3O. The summed E-state index contributed by atoms with van der Waals surface area (Å²) in [5, 5.41) is 0. The van der Waals surface area contributed by atoms with Crippen LogP contribution in [-0.2, 0) is 4.74 Å². The van der Waals surface area contributed by atoms with Gasteiger partial charge in [-0.25, -0.2) is 9.98 Å². The molecule has 4 nitrogen and oxygen atoms in total. The fourth-order valence-electron chi connectivity index (χ4n) is 1.37. The average molecular weight is 205 g/mol. The zero-order valence-electron chi connectivity index (χ0n) is 9.27. The lowest BCUT2D eigenvalue weighted by Crippen LogP contribution is -2.25. The number of hydrogen-bond donors (Lipinski definition) is 0. The highest BCUT2D eigenvalue weighted by molar-refractivity contribution is 5.92. The average Bonchev–Trinajstić information content (AvgIpc) is 2.67. The van der Waals surface area contributed by atoms with Gasteiger partial charge in [0.1, 0.15) is 12.3 Å². The van der Waals surface area contributed by atoms with E-state index in [1.165, 1.54) is 0 Å². The molecule has 2 heterocycles. The predicted molar refractivity (Wildman–Crippen MR) is 57.8 cm³/mol. The molecule has 0 saturated carbocycles. The maximum Gasteiger partial charge on any atom is 0.237 e. The highest BCUT2D eigenvalue weighted by Gasteiger charge is 2.30. The van der Waals surface area contributed by atoms with E-state index >= 15 is 0 Å². The monoisotopic (exact) mass is 205 g/mol. The van der Waals surface area contributed by atoms with Gasteiger partial charge >= 0.3 is 0 Å². The Kier molecular flexibility index (Phi) is 2.42. The lowest BCUT2D eigenvalue weighted by Gasteiger charge is -2.21. The van der Waals surface area contributed by atoms with E-state index < -0.39 is 0 Å². The minimum absolute atomic E-state index is 0.129. The second kappa shape index (κ2) is 3.61. The summed E-state index contributed by atoms with van der Waals surface area (Å²) >= 11 is 0. The third-order valence-corrected chi connectivity index (χ3v) is 2.43. The van der Waals surface area contributed by atoms with E-state index in [0.717, 1.165) is 0 Å². The van der Waals surface area contributed by atoms with Gasteiger partial charge in [-0.2, -0.15) is 0 Å². The summed E-state index contributed by atoms with van der Waals surface area (Å²) in [5.41, 5.74) is 0.841. The molecule has 80 valence electrons. The number of nitrogens with zero attached hydrogens (tertiary/aromatic N) is 3. The van der Waals surface area contributed by atoms with Crippen LogP contribution in [0.2, 0.25) is 0 Å². The van der Waals surface area contributed by atoms with Crippen molar-refractivity contribution in [1.29, 1.82) is 0 Å². The van der Waals surface area contributed by atoms with Gasteiger partial charge in [-0.3, -0.25) is 4.98 Å². The Morgan fingerprint density at radius 2 is 2.13 bits per heavy atom. The van der Waals surface area contributed by atoms with Gasteiger partial charge in [0.2, 0.25) is 5.90 Å². The Labute approximate surface area is 89.4 Å². The second-order valence-corrected chi connectivity index (χ2v) is 4.72. The molecule has 0 amide bonds. The van der Waals surface area contributed by atoms with Crippen molar-refractivity contribution in [2.24, 2.45) is 10.4 Å². The summed E-state index contributed by atoms with van der Waals surface area (Å²) < 4.78 is 5.53. The Morgan fingerprint density at radius 3 is 2.67 bits per heavy atom. The van der Waals surface area contributed by atoms with Crippen molar-refractivity contribution in [3.05, 3.63) is 24.3 Å². The molecule has 1 aliphatic heterocycles. The topological polar surface area (TPSA) is 47.4 Å². The largest absolute Gasteiger partial charge is 0.474 e. The first-order valence-corrected chi connectivity index (χ1v) is 5.04. The van der Waals surface area contributed by atoms with Crippen molar-refractivity contribution in [3.63, 3.8) is 0 Å². The fraction of sp³-hybridized carbons (Fsp3) is 0.545. The maximum atomic E-state index is 5.53. The van der Waals surface area contributed by atoms with E-state index in [-0.39, 0.29) is 11.5 Å². The van der Waals surface area contributed by atoms with Gasteiger partial charge in [0.25, 0.3) is 0 Å². The third-order valence-electron chi connectivity index (χ3n) is 2.43. The first kappa shape index (κ1) is 10.1. The van der Waals surface area contributed by atoms with E-state index in [4.69, 9.17) is 4.74 Å². The summed E-state index contributed by atoms with van der Waals surface area (Å²) in [4.78, 5) is 12.7. The molecule has 0 fully saturated rings. The van der Waals surface area contributed by atoms with E-state index in [2.05, 4.69) is 35.7 Å². The van der Waals surface area contributed by atoms with Crippen LogP contribution in [0.25, 0.3) is 0 Å². The normalized spacial score (nSPS) is 21.0. The summed E-state index contributed by atoms with van der Waals surface area (Å²) in [5.74, 6) is 0.614. The van der Waals surface area contributed by atoms with E-state index in [0.29, 0.717) is 18.2 Å². The Hall–Kier alpha value is -1.45. The van der Waals surface area contributed by atoms with Crippen LogP contribution in [0.1, 0.15) is 26.5 Å². The number of ether oxygens (including phenoxy) is 1. The molecule has 1 atom stereocenters. The minimum atomic E-state index is 0.129. The zero-order chi connectivity index (χ0) is 10.9. The van der Waals surface area contributed by atoms with Crippen molar-refractivity contribution < 1.29 is 4.74 Å². The van der Waals surface area contributed by atoms with Crippen molar-refractivity contribution in [3.8, 4) is 0 Å². The molecule has 1 aromatic rings. The predicted octanol–water partition coefficient (Wildman–Crippen LogP) is 1.67. The van der Waals surface area contributed by atoms with Crippen molar-refractivity contribution in [1.82, 2.24) is 9.97 Å². The second-order valence-electron chi connectivity index (χ2n) is 4.72. The van der Waals surface area contributed by atoms with Crippen LogP contribution in [0.15, 0.2) is 23.6 Å². The molecule has 0 bridgehead atoms. The SMILES string of the molecule is CC(C)(C)[C@H]1COC(c2cnccn2)=N1. The Bertz CT molecular complexity index is 367. The van der Waals surface area contributed by atoms with Gasteiger partial charge in [0, 0.05) is 12.4 Å². The standard InChI is InChI=1S/C11H15N3O/c1-11(2,3)9-7-15-10(14-9)8-6-12-4-5-13-8/h4-6,9H,7H2,1-3H3/t9-/m1/s1. The molecule has 0 unspecified atom stereocenters. The molecule has 15 heavy (non-hydrogen) atoms. The molecule has 1 aliphatic rings. The van der Waals surface area contributed by atoms with Gasteiger partial charge in [0.15, 0.2) is 0 Å². The molecule has 4 heteroatoms. The van der Waals surface area contributed by atoms with Gasteiger partial charge in [0.05, 0.1) is 12.2 Å². The van der Waals surface area contributed by atoms with E-state index in [1.807, 2.05) is 0 Å². The smallest absolute Gasteiger partial charge is 0.237 e. The summed E-state index contributed by atoms with van der Waals surface area (Å²) in [6.07, 6.45) is 4.95. The van der Waals surface area contributed by atoms with Crippen molar-refractivity contribution >= 4 is 5.90 Å². The van der Waals surface area contributed by atoms with Crippen molar-refractivity contribution in [2.75, 3.05) is 6.61 Å². The molecule has 0 saturated heterocycles. The van der Waals surface area contributed by atoms with Crippen LogP contribution < -0.4 is 0 Å². The summed E-state index contributed by atoms with van der Waals surface area (Å²) in [7, 11) is 0. The lowest BCUT2D eigenvalue weighted by molar-refractivity contribution is 0.235. The molecule has 0 radical (unpaired) electrons. The molecule has 1 aromatic heterocycles. The molecular weight excluding hydrogens is 190 g/mol. The van der Waals surface area contributed by atoms with Crippen LogP contribution >= 0.6 is 0 Å². The van der Waals surface area contributed by atoms with Gasteiger partial charge in [-0.1, -0.05) is 20.8 Å². The first-order valence-electron chi connectivity index (χ1n) is 5.04. The van der Waals surface area contributed by atoms with E-state index in [1.54, 1.807) is 18.6 Å². The highest BCUT2D eigenvalue weighted by atomic mass is 16.5. The van der Waals surface area contributed by atoms with Crippen LogP contribution in [0, 0.1) is 5.41 Å². The molecule has 0 aliphatic carbocycles. The number of aliphatic imine (C=N–C) groups is 1. The van der Waals surface area contributed by atoms with Crippen LogP contribution in [0.3, 0.4) is 0 Å². The van der Waals surface area contributed by atoms with Crippen LogP contribution in [0.4, 0.5) is 0 Å². The van der Waals surface area contributed by atoms with Crippen LogP contribution in [0.5, 0.6) is 0 Å². The molecule has 0 N–H and O–H groups in total. The summed E-state index contributed by atoms with van der Waals surface area (Å²) in [6, 6.07) is 0.203. The lowest BCUT2D eigenvalue weighted by atomic mass is 9.88. The Balaban J connectivity index is 2.21. The zero-order valence-corrected chi connectivity index (χ0v) is 9.27.